The summed E-state index contributed by atoms with van der Waals surface area (Å²) in [6, 6.07) is 1.68. The Labute approximate surface area is 92.1 Å². The lowest BCUT2D eigenvalue weighted by molar-refractivity contribution is 0.0911. The van der Waals surface area contributed by atoms with Crippen molar-refractivity contribution < 1.29 is 9.90 Å². The molecule has 1 aromatic rings. The van der Waals surface area contributed by atoms with Crippen LogP contribution in [0.2, 0.25) is 0 Å². The summed E-state index contributed by atoms with van der Waals surface area (Å²) in [6.45, 7) is 1.90. The average molecular weight is 226 g/mol. The summed E-state index contributed by atoms with van der Waals surface area (Å²) >= 11 is 1.38. The van der Waals surface area contributed by atoms with Crippen molar-refractivity contribution in [2.24, 2.45) is 0 Å². The van der Waals surface area contributed by atoms with Crippen molar-refractivity contribution in [3.8, 4) is 0 Å². The first-order chi connectivity index (χ1) is 7.06. The summed E-state index contributed by atoms with van der Waals surface area (Å²) in [6.07, 6.45) is 1.71. The van der Waals surface area contributed by atoms with Gasteiger partial charge in [0, 0.05) is 10.6 Å². The van der Waals surface area contributed by atoms with E-state index >= 15 is 0 Å². The molecule has 1 aliphatic carbocycles. The van der Waals surface area contributed by atoms with Gasteiger partial charge in [0.1, 0.15) is 0 Å². The third-order valence-corrected chi connectivity index (χ3v) is 3.78. The molecule has 1 fully saturated rings. The van der Waals surface area contributed by atoms with E-state index in [2.05, 4.69) is 5.32 Å². The van der Waals surface area contributed by atoms with Crippen LogP contribution in [0.25, 0.3) is 0 Å². The lowest BCUT2D eigenvalue weighted by atomic mass is 10.3. The number of rotatable bonds is 3. The number of amides is 1. The number of nitrogens with two attached hydrogens (primary N) is 1. The van der Waals surface area contributed by atoms with Gasteiger partial charge < -0.3 is 16.2 Å². The van der Waals surface area contributed by atoms with Crippen LogP contribution in [0, 0.1) is 6.92 Å². The van der Waals surface area contributed by atoms with Crippen molar-refractivity contribution >= 4 is 22.9 Å². The second-order valence-corrected chi connectivity index (χ2v) is 5.27. The van der Waals surface area contributed by atoms with Gasteiger partial charge >= 0.3 is 0 Å². The zero-order chi connectivity index (χ0) is 11.1. The quantitative estimate of drug-likeness (QED) is 0.716. The van der Waals surface area contributed by atoms with E-state index in [1.165, 1.54) is 11.3 Å². The Kier molecular flexibility index (Phi) is 2.44. The molecule has 4 N–H and O–H groups in total. The maximum absolute atomic E-state index is 11.8. The van der Waals surface area contributed by atoms with Crippen LogP contribution in [0.5, 0.6) is 0 Å². The first kappa shape index (κ1) is 10.4. The fourth-order valence-corrected chi connectivity index (χ4v) is 2.22. The van der Waals surface area contributed by atoms with Gasteiger partial charge in [-0.3, -0.25) is 4.79 Å². The van der Waals surface area contributed by atoms with Crippen molar-refractivity contribution in [2.45, 2.75) is 25.3 Å². The minimum atomic E-state index is -0.357. The Bertz CT molecular complexity index is 377. The molecule has 0 bridgehead atoms. The Hall–Kier alpha value is -1.07. The molecular weight excluding hydrogens is 212 g/mol. The van der Waals surface area contributed by atoms with E-state index in [9.17, 15) is 4.79 Å². The number of thiophene rings is 1. The van der Waals surface area contributed by atoms with Crippen molar-refractivity contribution in [1.29, 1.82) is 0 Å². The van der Waals surface area contributed by atoms with Gasteiger partial charge in [-0.25, -0.2) is 0 Å². The summed E-state index contributed by atoms with van der Waals surface area (Å²) in [4.78, 5) is 13.3. The molecule has 2 rings (SSSR count). The van der Waals surface area contributed by atoms with Crippen LogP contribution >= 0.6 is 11.3 Å². The van der Waals surface area contributed by atoms with Crippen LogP contribution in [0.1, 0.15) is 27.4 Å². The molecule has 5 heteroatoms. The van der Waals surface area contributed by atoms with Crippen molar-refractivity contribution in [3.63, 3.8) is 0 Å². The number of hydrogen-bond donors (Lipinski definition) is 3. The minimum absolute atomic E-state index is 0.0125. The molecule has 0 atom stereocenters. The zero-order valence-corrected chi connectivity index (χ0v) is 9.36. The molecular formula is C10H14N2O2S. The number of aliphatic hydroxyl groups excluding tert-OH is 1. The summed E-state index contributed by atoms with van der Waals surface area (Å²) in [5.41, 5.74) is 5.97. The van der Waals surface area contributed by atoms with Gasteiger partial charge in [-0.2, -0.15) is 0 Å². The van der Waals surface area contributed by atoms with Gasteiger partial charge in [0.05, 0.1) is 17.0 Å². The van der Waals surface area contributed by atoms with E-state index in [-0.39, 0.29) is 18.1 Å². The maximum atomic E-state index is 11.8. The molecule has 1 aliphatic rings. The molecule has 1 amide bonds. The summed E-state index contributed by atoms with van der Waals surface area (Å²) < 4.78 is 0. The van der Waals surface area contributed by atoms with E-state index in [1.54, 1.807) is 6.07 Å². The van der Waals surface area contributed by atoms with E-state index in [0.29, 0.717) is 10.6 Å². The molecule has 15 heavy (non-hydrogen) atoms. The third kappa shape index (κ3) is 1.98. The van der Waals surface area contributed by atoms with Gasteiger partial charge in [-0.05, 0) is 25.8 Å². The Balaban J connectivity index is 2.08. The normalized spacial score (nSPS) is 17.5. The molecule has 0 saturated heterocycles. The lowest BCUT2D eigenvalue weighted by Crippen LogP contribution is -2.39. The van der Waals surface area contributed by atoms with Crippen LogP contribution in [-0.2, 0) is 0 Å². The SMILES string of the molecule is Cc1sc(C(=O)NC2(CO)CC2)cc1N. The highest BCUT2D eigenvalue weighted by Crippen LogP contribution is 2.35. The third-order valence-electron chi connectivity index (χ3n) is 2.71. The number of hydrogen-bond acceptors (Lipinski definition) is 4. The van der Waals surface area contributed by atoms with E-state index in [0.717, 1.165) is 17.7 Å². The predicted molar refractivity (Wildman–Crippen MR) is 60.0 cm³/mol. The molecule has 0 unspecified atom stereocenters. The number of nitrogen functional groups attached to an aromatic ring is 1. The molecule has 82 valence electrons. The predicted octanol–water partition coefficient (Wildman–Crippen LogP) is 0.893. The van der Waals surface area contributed by atoms with Gasteiger partial charge in [-0.1, -0.05) is 0 Å². The van der Waals surface area contributed by atoms with Gasteiger partial charge in [0.15, 0.2) is 0 Å². The minimum Gasteiger partial charge on any atom is -0.398 e. The van der Waals surface area contributed by atoms with Gasteiger partial charge in [0.2, 0.25) is 0 Å². The number of aryl methyl sites for hydroxylation is 1. The molecule has 0 radical (unpaired) electrons. The summed E-state index contributed by atoms with van der Waals surface area (Å²) in [5.74, 6) is -0.133. The van der Waals surface area contributed by atoms with Crippen LogP contribution in [0.3, 0.4) is 0 Å². The first-order valence-electron chi connectivity index (χ1n) is 4.86. The molecule has 4 nitrogen and oxygen atoms in total. The fraction of sp³-hybridized carbons (Fsp3) is 0.500. The van der Waals surface area contributed by atoms with E-state index in [1.807, 2.05) is 6.92 Å². The smallest absolute Gasteiger partial charge is 0.261 e. The average Bonchev–Trinajstić information content (AvgIpc) is 2.89. The number of carbonyl (C=O) groups is 1. The highest BCUT2D eigenvalue weighted by molar-refractivity contribution is 7.14. The lowest BCUT2D eigenvalue weighted by Gasteiger charge is -2.12. The molecule has 1 aromatic heterocycles. The second-order valence-electron chi connectivity index (χ2n) is 4.01. The van der Waals surface area contributed by atoms with Crippen molar-refractivity contribution in [3.05, 3.63) is 15.8 Å². The summed E-state index contributed by atoms with van der Waals surface area (Å²) in [7, 11) is 0. The Morgan fingerprint density at radius 2 is 2.40 bits per heavy atom. The number of nitrogens with one attached hydrogen (secondary N) is 1. The molecule has 0 aliphatic heterocycles. The van der Waals surface area contributed by atoms with Crippen molar-refractivity contribution in [1.82, 2.24) is 5.32 Å². The van der Waals surface area contributed by atoms with E-state index in [4.69, 9.17) is 10.8 Å². The van der Waals surface area contributed by atoms with Gasteiger partial charge in [0.25, 0.3) is 5.91 Å². The Morgan fingerprint density at radius 1 is 1.73 bits per heavy atom. The molecule has 0 spiro atoms. The number of anilines is 1. The highest BCUT2D eigenvalue weighted by atomic mass is 32.1. The monoisotopic (exact) mass is 226 g/mol. The van der Waals surface area contributed by atoms with Crippen LogP contribution in [0.4, 0.5) is 5.69 Å². The zero-order valence-electron chi connectivity index (χ0n) is 8.54. The van der Waals surface area contributed by atoms with Gasteiger partial charge in [-0.15, -0.1) is 11.3 Å². The molecule has 1 saturated carbocycles. The topological polar surface area (TPSA) is 75.3 Å². The van der Waals surface area contributed by atoms with E-state index < -0.39 is 0 Å². The maximum Gasteiger partial charge on any atom is 0.261 e. The largest absolute Gasteiger partial charge is 0.398 e. The summed E-state index contributed by atoms with van der Waals surface area (Å²) in [5, 5.41) is 11.9. The molecule has 1 heterocycles. The number of aliphatic hydroxyl groups is 1. The fourth-order valence-electron chi connectivity index (χ4n) is 1.38. The Morgan fingerprint density at radius 3 is 2.80 bits per heavy atom. The van der Waals surface area contributed by atoms with Crippen LogP contribution in [0.15, 0.2) is 6.07 Å². The van der Waals surface area contributed by atoms with Crippen LogP contribution in [-0.4, -0.2) is 23.2 Å². The van der Waals surface area contributed by atoms with Crippen LogP contribution < -0.4 is 11.1 Å². The first-order valence-corrected chi connectivity index (χ1v) is 5.67. The second kappa shape index (κ2) is 3.50. The highest BCUT2D eigenvalue weighted by Gasteiger charge is 2.43. The standard InChI is InChI=1S/C10H14N2O2S/c1-6-7(11)4-8(15-6)9(14)12-10(5-13)2-3-10/h4,13H,2-3,5,11H2,1H3,(H,12,14). The van der Waals surface area contributed by atoms with Crippen molar-refractivity contribution in [2.75, 3.05) is 12.3 Å². The molecule has 0 aromatic carbocycles. The number of carbonyl (C=O) groups excluding carboxylic acids is 1.